The molecule has 0 aliphatic rings. The van der Waals surface area contributed by atoms with Crippen LogP contribution >= 0.6 is 0 Å². The molecule has 0 bridgehead atoms. The Morgan fingerprint density at radius 3 is 2.59 bits per heavy atom. The summed E-state index contributed by atoms with van der Waals surface area (Å²) < 4.78 is 0. The second-order valence-electron chi connectivity index (χ2n) is 5.27. The second kappa shape index (κ2) is 7.31. The van der Waals surface area contributed by atoms with Gasteiger partial charge in [-0.25, -0.2) is 0 Å². The molecule has 0 saturated heterocycles. The molecular weight excluding hydrogens is 280 g/mol. The average Bonchev–Trinajstić information content (AvgIpc) is 2.53. The highest BCUT2D eigenvalue weighted by Gasteiger charge is 2.09. The van der Waals surface area contributed by atoms with Crippen molar-refractivity contribution in [1.82, 2.24) is 15.5 Å². The van der Waals surface area contributed by atoms with Gasteiger partial charge >= 0.3 is 0 Å². The maximum absolute atomic E-state index is 12.0. The Kier molecular flexibility index (Phi) is 5.19. The minimum atomic E-state index is -0.297. The summed E-state index contributed by atoms with van der Waals surface area (Å²) in [7, 11) is 0. The monoisotopic (exact) mass is 298 g/mol. The van der Waals surface area contributed by atoms with Crippen molar-refractivity contribution in [2.24, 2.45) is 5.92 Å². The molecule has 0 saturated carbocycles. The first-order valence-electron chi connectivity index (χ1n) is 7.02. The zero-order valence-corrected chi connectivity index (χ0v) is 12.5. The van der Waals surface area contributed by atoms with Crippen LogP contribution in [0.1, 0.15) is 34.6 Å². The third-order valence-electron chi connectivity index (χ3n) is 2.90. The van der Waals surface area contributed by atoms with Crippen LogP contribution in [-0.4, -0.2) is 28.6 Å². The van der Waals surface area contributed by atoms with Crippen LogP contribution in [0.25, 0.3) is 0 Å². The first kappa shape index (κ1) is 15.6. The van der Waals surface area contributed by atoms with Crippen molar-refractivity contribution in [2.45, 2.75) is 13.8 Å². The number of amides is 2. The van der Waals surface area contributed by atoms with E-state index in [2.05, 4.69) is 20.8 Å². The van der Waals surface area contributed by atoms with Crippen LogP contribution in [0.15, 0.2) is 42.7 Å². The predicted octanol–water partition coefficient (Wildman–Crippen LogP) is 2.11. The number of aromatic nitrogens is 2. The van der Waals surface area contributed by atoms with E-state index in [9.17, 15) is 9.59 Å². The largest absolute Gasteiger partial charge is 0.352 e. The molecule has 2 amide bonds. The van der Waals surface area contributed by atoms with E-state index in [1.807, 2.05) is 13.8 Å². The fourth-order valence-corrected chi connectivity index (χ4v) is 1.77. The molecule has 22 heavy (non-hydrogen) atoms. The lowest BCUT2D eigenvalue weighted by atomic mass is 10.1. The molecule has 1 aromatic carbocycles. The standard InChI is InChI=1S/C16H18N4O2/c1-11(2)9-17-15(21)12-4-3-5-14(8-12)20-16(22)13-6-7-18-19-10-13/h3-8,10-11H,9H2,1-2H3,(H,17,21)(H,20,22). The molecule has 0 atom stereocenters. The Hall–Kier alpha value is -2.76. The van der Waals surface area contributed by atoms with E-state index in [1.165, 1.54) is 12.4 Å². The molecule has 0 aliphatic carbocycles. The number of rotatable bonds is 5. The quantitative estimate of drug-likeness (QED) is 0.885. The summed E-state index contributed by atoms with van der Waals surface area (Å²) in [4.78, 5) is 24.0. The summed E-state index contributed by atoms with van der Waals surface area (Å²) in [5.74, 6) is -0.0731. The number of hydrogen-bond acceptors (Lipinski definition) is 4. The lowest BCUT2D eigenvalue weighted by Crippen LogP contribution is -2.27. The number of nitrogens with zero attached hydrogens (tertiary/aromatic N) is 2. The average molecular weight is 298 g/mol. The van der Waals surface area contributed by atoms with Crippen LogP contribution in [-0.2, 0) is 0 Å². The van der Waals surface area contributed by atoms with Gasteiger partial charge in [0.15, 0.2) is 0 Å². The van der Waals surface area contributed by atoms with Crippen molar-refractivity contribution in [2.75, 3.05) is 11.9 Å². The maximum atomic E-state index is 12.0. The lowest BCUT2D eigenvalue weighted by molar-refractivity contribution is 0.0947. The number of anilines is 1. The molecule has 2 N–H and O–H groups in total. The van der Waals surface area contributed by atoms with Gasteiger partial charge in [-0.1, -0.05) is 19.9 Å². The predicted molar refractivity (Wildman–Crippen MR) is 83.6 cm³/mol. The molecule has 0 aliphatic heterocycles. The Balaban J connectivity index is 2.05. The van der Waals surface area contributed by atoms with Gasteiger partial charge in [-0.2, -0.15) is 10.2 Å². The normalized spacial score (nSPS) is 10.3. The second-order valence-corrected chi connectivity index (χ2v) is 5.27. The van der Waals surface area contributed by atoms with Crippen LogP contribution < -0.4 is 10.6 Å². The fraction of sp³-hybridized carbons (Fsp3) is 0.250. The van der Waals surface area contributed by atoms with E-state index in [0.717, 1.165) is 0 Å². The summed E-state index contributed by atoms with van der Waals surface area (Å²) in [5, 5.41) is 12.9. The number of benzene rings is 1. The molecule has 1 heterocycles. The van der Waals surface area contributed by atoms with Gasteiger partial charge in [0.25, 0.3) is 11.8 Å². The van der Waals surface area contributed by atoms with Crippen molar-refractivity contribution in [3.8, 4) is 0 Å². The van der Waals surface area contributed by atoms with Gasteiger partial charge in [-0.3, -0.25) is 9.59 Å². The molecule has 0 fully saturated rings. The third kappa shape index (κ3) is 4.37. The van der Waals surface area contributed by atoms with Crippen LogP contribution in [0.2, 0.25) is 0 Å². The molecule has 6 nitrogen and oxygen atoms in total. The molecule has 114 valence electrons. The Labute approximate surface area is 129 Å². The Morgan fingerprint density at radius 1 is 1.09 bits per heavy atom. The zero-order valence-electron chi connectivity index (χ0n) is 12.5. The first-order chi connectivity index (χ1) is 10.6. The SMILES string of the molecule is CC(C)CNC(=O)c1cccc(NC(=O)c2ccnnc2)c1. The van der Waals surface area contributed by atoms with Gasteiger partial charge in [0.05, 0.1) is 18.0 Å². The van der Waals surface area contributed by atoms with Crippen LogP contribution in [0.4, 0.5) is 5.69 Å². The van der Waals surface area contributed by atoms with Crippen molar-refractivity contribution in [1.29, 1.82) is 0 Å². The molecule has 1 aromatic heterocycles. The first-order valence-corrected chi connectivity index (χ1v) is 7.02. The van der Waals surface area contributed by atoms with E-state index in [4.69, 9.17) is 0 Å². The highest BCUT2D eigenvalue weighted by atomic mass is 16.2. The summed E-state index contributed by atoms with van der Waals surface area (Å²) in [5.41, 5.74) is 1.47. The molecule has 0 unspecified atom stereocenters. The van der Waals surface area contributed by atoms with Crippen molar-refractivity contribution in [3.05, 3.63) is 53.9 Å². The van der Waals surface area contributed by atoms with Crippen molar-refractivity contribution < 1.29 is 9.59 Å². The fourth-order valence-electron chi connectivity index (χ4n) is 1.77. The van der Waals surface area contributed by atoms with E-state index in [0.29, 0.717) is 29.3 Å². The van der Waals surface area contributed by atoms with Crippen LogP contribution in [0.3, 0.4) is 0 Å². The molecule has 2 rings (SSSR count). The van der Waals surface area contributed by atoms with Gasteiger partial charge in [-0.05, 0) is 30.2 Å². The van der Waals surface area contributed by atoms with E-state index in [-0.39, 0.29) is 11.8 Å². The third-order valence-corrected chi connectivity index (χ3v) is 2.90. The molecule has 0 spiro atoms. The number of nitrogens with one attached hydrogen (secondary N) is 2. The number of hydrogen-bond donors (Lipinski definition) is 2. The number of carbonyl (C=O) groups excluding carboxylic acids is 2. The van der Waals surface area contributed by atoms with Crippen LogP contribution in [0, 0.1) is 5.92 Å². The summed E-state index contributed by atoms with van der Waals surface area (Å²) in [6, 6.07) is 8.37. The van der Waals surface area contributed by atoms with E-state index in [1.54, 1.807) is 30.3 Å². The summed E-state index contributed by atoms with van der Waals surface area (Å²) >= 11 is 0. The summed E-state index contributed by atoms with van der Waals surface area (Å²) in [6.45, 7) is 4.66. The Morgan fingerprint density at radius 2 is 1.91 bits per heavy atom. The zero-order chi connectivity index (χ0) is 15.9. The van der Waals surface area contributed by atoms with Gasteiger partial charge in [0, 0.05) is 17.8 Å². The molecule has 0 radical (unpaired) electrons. The van der Waals surface area contributed by atoms with Gasteiger partial charge in [0.2, 0.25) is 0 Å². The van der Waals surface area contributed by atoms with Gasteiger partial charge < -0.3 is 10.6 Å². The molecule has 6 heteroatoms. The topological polar surface area (TPSA) is 84.0 Å². The lowest BCUT2D eigenvalue weighted by Gasteiger charge is -2.09. The highest BCUT2D eigenvalue weighted by Crippen LogP contribution is 2.12. The van der Waals surface area contributed by atoms with Gasteiger partial charge in [-0.15, -0.1) is 0 Å². The minimum Gasteiger partial charge on any atom is -0.352 e. The van der Waals surface area contributed by atoms with Gasteiger partial charge in [0.1, 0.15) is 0 Å². The Bertz CT molecular complexity index is 656. The van der Waals surface area contributed by atoms with Crippen LogP contribution in [0.5, 0.6) is 0 Å². The summed E-state index contributed by atoms with van der Waals surface area (Å²) in [6.07, 6.45) is 2.83. The van der Waals surface area contributed by atoms with Crippen molar-refractivity contribution >= 4 is 17.5 Å². The molecule has 2 aromatic rings. The van der Waals surface area contributed by atoms with E-state index < -0.39 is 0 Å². The van der Waals surface area contributed by atoms with Crippen molar-refractivity contribution in [3.63, 3.8) is 0 Å². The smallest absolute Gasteiger partial charge is 0.257 e. The maximum Gasteiger partial charge on any atom is 0.257 e. The molecular formula is C16H18N4O2. The minimum absolute atomic E-state index is 0.157. The van der Waals surface area contributed by atoms with E-state index >= 15 is 0 Å². The number of carbonyl (C=O) groups is 2. The highest BCUT2D eigenvalue weighted by molar-refractivity contribution is 6.04.